The van der Waals surface area contributed by atoms with Crippen LogP contribution in [0.4, 0.5) is 13.2 Å². The Kier molecular flexibility index (Phi) is 5.48. The first-order chi connectivity index (χ1) is 13.2. The zero-order chi connectivity index (χ0) is 20.5. The minimum atomic E-state index is -4.58. The van der Waals surface area contributed by atoms with Gasteiger partial charge in [-0.15, -0.1) is 11.3 Å². The van der Waals surface area contributed by atoms with E-state index in [1.165, 1.54) is 13.2 Å². The van der Waals surface area contributed by atoms with E-state index in [0.29, 0.717) is 21.9 Å². The number of thiophene rings is 1. The van der Waals surface area contributed by atoms with Crippen LogP contribution in [0.2, 0.25) is 5.02 Å². The lowest BCUT2D eigenvalue weighted by Gasteiger charge is -2.09. The highest BCUT2D eigenvalue weighted by molar-refractivity contribution is 7.21. The molecule has 1 heterocycles. The van der Waals surface area contributed by atoms with Gasteiger partial charge in [0.25, 0.3) is 11.8 Å². The summed E-state index contributed by atoms with van der Waals surface area (Å²) in [6.07, 6.45) is -4.58. The number of methoxy groups -OCH3 is 1. The maximum absolute atomic E-state index is 12.7. The SMILES string of the molecule is COc1ccc2c(Cl)c(C(=O)NNC(=O)c3cccc(C(F)(F)F)c3)sc2c1. The van der Waals surface area contributed by atoms with Crippen molar-refractivity contribution in [2.75, 3.05) is 7.11 Å². The van der Waals surface area contributed by atoms with Crippen LogP contribution in [0.25, 0.3) is 10.1 Å². The minimum Gasteiger partial charge on any atom is -0.497 e. The van der Waals surface area contributed by atoms with Gasteiger partial charge in [0, 0.05) is 15.6 Å². The molecular formula is C18H12ClF3N2O3S. The topological polar surface area (TPSA) is 67.4 Å². The normalized spacial score (nSPS) is 11.3. The Labute approximate surface area is 166 Å². The average molecular weight is 429 g/mol. The number of ether oxygens (including phenoxy) is 1. The number of hydrogen-bond acceptors (Lipinski definition) is 4. The molecule has 28 heavy (non-hydrogen) atoms. The average Bonchev–Trinajstić information content (AvgIpc) is 3.01. The highest BCUT2D eigenvalue weighted by atomic mass is 35.5. The lowest BCUT2D eigenvalue weighted by molar-refractivity contribution is -0.137. The van der Waals surface area contributed by atoms with E-state index in [9.17, 15) is 22.8 Å². The molecule has 2 N–H and O–H groups in total. The van der Waals surface area contributed by atoms with Crippen molar-refractivity contribution in [3.8, 4) is 5.75 Å². The van der Waals surface area contributed by atoms with E-state index in [-0.39, 0.29) is 15.5 Å². The van der Waals surface area contributed by atoms with Crippen LogP contribution in [0.5, 0.6) is 5.75 Å². The molecule has 2 aromatic carbocycles. The molecule has 146 valence electrons. The second-order valence-corrected chi connectivity index (χ2v) is 7.02. The van der Waals surface area contributed by atoms with Gasteiger partial charge in [-0.25, -0.2) is 0 Å². The molecule has 0 fully saturated rings. The summed E-state index contributed by atoms with van der Waals surface area (Å²) in [7, 11) is 1.51. The van der Waals surface area contributed by atoms with E-state index in [1.807, 2.05) is 0 Å². The number of rotatable bonds is 3. The molecule has 1 aromatic heterocycles. The fraction of sp³-hybridized carbons (Fsp3) is 0.111. The lowest BCUT2D eigenvalue weighted by atomic mass is 10.1. The van der Waals surface area contributed by atoms with Crippen LogP contribution < -0.4 is 15.6 Å². The first-order valence-electron chi connectivity index (χ1n) is 7.74. The molecule has 3 rings (SSSR count). The van der Waals surface area contributed by atoms with E-state index in [1.54, 1.807) is 18.2 Å². The number of halogens is 4. The summed E-state index contributed by atoms with van der Waals surface area (Å²) in [5.74, 6) is -0.987. The van der Waals surface area contributed by atoms with Crippen LogP contribution in [0.3, 0.4) is 0 Å². The molecule has 0 unspecified atom stereocenters. The smallest absolute Gasteiger partial charge is 0.416 e. The number of benzene rings is 2. The molecule has 0 radical (unpaired) electrons. The Morgan fingerprint density at radius 3 is 2.46 bits per heavy atom. The molecule has 0 aliphatic carbocycles. The number of fused-ring (bicyclic) bond motifs is 1. The third-order valence-electron chi connectivity index (χ3n) is 3.78. The Morgan fingerprint density at radius 2 is 1.79 bits per heavy atom. The highest BCUT2D eigenvalue weighted by Crippen LogP contribution is 2.37. The molecule has 0 aliphatic rings. The van der Waals surface area contributed by atoms with E-state index in [4.69, 9.17) is 16.3 Å². The molecule has 0 aliphatic heterocycles. The van der Waals surface area contributed by atoms with Crippen molar-refractivity contribution >= 4 is 44.8 Å². The second kappa shape index (κ2) is 7.69. The van der Waals surface area contributed by atoms with Crippen molar-refractivity contribution in [1.82, 2.24) is 10.9 Å². The van der Waals surface area contributed by atoms with Gasteiger partial charge in [-0.1, -0.05) is 17.7 Å². The molecule has 0 saturated heterocycles. The molecule has 2 amide bonds. The first-order valence-corrected chi connectivity index (χ1v) is 8.94. The van der Waals surface area contributed by atoms with Crippen molar-refractivity contribution in [2.24, 2.45) is 0 Å². The van der Waals surface area contributed by atoms with Crippen LogP contribution in [-0.4, -0.2) is 18.9 Å². The summed E-state index contributed by atoms with van der Waals surface area (Å²) < 4.78 is 44.1. The molecule has 5 nitrogen and oxygen atoms in total. The van der Waals surface area contributed by atoms with Gasteiger partial charge in [0.05, 0.1) is 17.7 Å². The van der Waals surface area contributed by atoms with Crippen LogP contribution in [0.15, 0.2) is 42.5 Å². The highest BCUT2D eigenvalue weighted by Gasteiger charge is 2.31. The van der Waals surface area contributed by atoms with Crippen molar-refractivity contribution in [2.45, 2.75) is 6.18 Å². The number of nitrogens with one attached hydrogen (secondary N) is 2. The summed E-state index contributed by atoms with van der Waals surface area (Å²) in [6, 6.07) is 8.96. The Hall–Kier alpha value is -2.78. The van der Waals surface area contributed by atoms with Crippen LogP contribution in [0, 0.1) is 0 Å². The van der Waals surface area contributed by atoms with Crippen molar-refractivity contribution in [3.05, 3.63) is 63.5 Å². The van der Waals surface area contributed by atoms with Gasteiger partial charge >= 0.3 is 6.18 Å². The van der Waals surface area contributed by atoms with E-state index >= 15 is 0 Å². The largest absolute Gasteiger partial charge is 0.497 e. The number of carbonyl (C=O) groups excluding carboxylic acids is 2. The van der Waals surface area contributed by atoms with Crippen LogP contribution in [-0.2, 0) is 6.18 Å². The zero-order valence-corrected chi connectivity index (χ0v) is 15.8. The predicted molar refractivity (Wildman–Crippen MR) is 99.8 cm³/mol. The molecular weight excluding hydrogens is 417 g/mol. The summed E-state index contributed by atoms with van der Waals surface area (Å²) in [5.41, 5.74) is 3.04. The summed E-state index contributed by atoms with van der Waals surface area (Å²) in [5, 5.41) is 0.843. The number of hydrazine groups is 1. The number of amides is 2. The molecule has 0 bridgehead atoms. The van der Waals surface area contributed by atoms with Gasteiger partial charge in [-0.3, -0.25) is 20.4 Å². The number of hydrogen-bond donors (Lipinski definition) is 2. The van der Waals surface area contributed by atoms with Gasteiger partial charge in [0.2, 0.25) is 0 Å². The van der Waals surface area contributed by atoms with Crippen LogP contribution >= 0.6 is 22.9 Å². The molecule has 3 aromatic rings. The quantitative estimate of drug-likeness (QED) is 0.596. The van der Waals surface area contributed by atoms with Gasteiger partial charge in [0.15, 0.2) is 0 Å². The maximum Gasteiger partial charge on any atom is 0.416 e. The molecule has 0 saturated carbocycles. The lowest BCUT2D eigenvalue weighted by Crippen LogP contribution is -2.41. The van der Waals surface area contributed by atoms with E-state index in [2.05, 4.69) is 10.9 Å². The van der Waals surface area contributed by atoms with Gasteiger partial charge < -0.3 is 4.74 Å². The fourth-order valence-electron chi connectivity index (χ4n) is 2.40. The minimum absolute atomic E-state index is 0.147. The molecule has 10 heteroatoms. The van der Waals surface area contributed by atoms with Crippen molar-refractivity contribution in [1.29, 1.82) is 0 Å². The Bertz CT molecular complexity index is 1070. The standard InChI is InChI=1S/C18H12ClF3N2O3S/c1-27-11-5-6-12-13(8-11)28-15(14(12)19)17(26)24-23-16(25)9-3-2-4-10(7-9)18(20,21)22/h2-8H,1H3,(H,23,25)(H,24,26). The third-order valence-corrected chi connectivity index (χ3v) is 5.44. The summed E-state index contributed by atoms with van der Waals surface area (Å²) >= 11 is 7.31. The van der Waals surface area contributed by atoms with Crippen molar-refractivity contribution in [3.63, 3.8) is 0 Å². The number of alkyl halides is 3. The second-order valence-electron chi connectivity index (χ2n) is 5.59. The zero-order valence-electron chi connectivity index (χ0n) is 14.2. The summed E-state index contributed by atoms with van der Waals surface area (Å²) in [4.78, 5) is 24.5. The fourth-order valence-corrected chi connectivity index (χ4v) is 3.84. The Balaban J connectivity index is 1.74. The monoisotopic (exact) mass is 428 g/mol. The van der Waals surface area contributed by atoms with E-state index in [0.717, 1.165) is 23.5 Å². The molecule has 0 atom stereocenters. The third kappa shape index (κ3) is 4.05. The first kappa shape index (κ1) is 20.0. The Morgan fingerprint density at radius 1 is 1.07 bits per heavy atom. The van der Waals surface area contributed by atoms with Gasteiger partial charge in [0.1, 0.15) is 10.6 Å². The predicted octanol–water partition coefficient (Wildman–Crippen LogP) is 4.66. The molecule has 0 spiro atoms. The van der Waals surface area contributed by atoms with Crippen molar-refractivity contribution < 1.29 is 27.5 Å². The van der Waals surface area contributed by atoms with Gasteiger partial charge in [-0.2, -0.15) is 13.2 Å². The maximum atomic E-state index is 12.7. The number of carbonyl (C=O) groups is 2. The van der Waals surface area contributed by atoms with Gasteiger partial charge in [-0.05, 0) is 36.4 Å². The van der Waals surface area contributed by atoms with Crippen LogP contribution in [0.1, 0.15) is 25.6 Å². The summed E-state index contributed by atoms with van der Waals surface area (Å²) in [6.45, 7) is 0. The van der Waals surface area contributed by atoms with E-state index < -0.39 is 23.6 Å².